The van der Waals surface area contributed by atoms with Crippen molar-refractivity contribution in [1.82, 2.24) is 19.8 Å². The molecule has 0 atom stereocenters. The zero-order chi connectivity index (χ0) is 11.0. The van der Waals surface area contributed by atoms with E-state index in [0.717, 1.165) is 22.5 Å². The second kappa shape index (κ2) is 3.41. The van der Waals surface area contributed by atoms with E-state index in [9.17, 15) is 0 Å². The third kappa shape index (κ3) is 1.35. The maximum absolute atomic E-state index is 4.46. The highest BCUT2D eigenvalue weighted by Crippen LogP contribution is 2.18. The van der Waals surface area contributed by atoms with Gasteiger partial charge in [0.15, 0.2) is 5.65 Å². The third-order valence-corrected chi connectivity index (χ3v) is 2.52. The summed E-state index contributed by atoms with van der Waals surface area (Å²) in [7, 11) is 0. The van der Waals surface area contributed by atoms with E-state index in [1.165, 1.54) is 0 Å². The standard InChI is InChI=1S/C12H10N4/c1-9-7-11(10-5-3-2-4-6-10)15-16-8-13-14-12(9)16/h2-8H,1H3. The highest BCUT2D eigenvalue weighted by molar-refractivity contribution is 5.62. The number of hydrogen-bond acceptors (Lipinski definition) is 3. The minimum absolute atomic E-state index is 0.805. The number of fused-ring (bicyclic) bond motifs is 1. The van der Waals surface area contributed by atoms with Crippen LogP contribution in [-0.2, 0) is 0 Å². The molecule has 0 spiro atoms. The first kappa shape index (κ1) is 9.03. The maximum Gasteiger partial charge on any atom is 0.180 e. The molecule has 0 aliphatic rings. The van der Waals surface area contributed by atoms with Gasteiger partial charge in [-0.05, 0) is 18.6 Å². The molecule has 0 saturated heterocycles. The molecule has 2 aromatic heterocycles. The summed E-state index contributed by atoms with van der Waals surface area (Å²) >= 11 is 0. The van der Waals surface area contributed by atoms with Crippen LogP contribution in [0.2, 0.25) is 0 Å². The zero-order valence-electron chi connectivity index (χ0n) is 8.83. The summed E-state index contributed by atoms with van der Waals surface area (Å²) in [4.78, 5) is 0. The molecule has 4 heteroatoms. The van der Waals surface area contributed by atoms with E-state index in [1.807, 2.05) is 43.3 Å². The van der Waals surface area contributed by atoms with Crippen molar-refractivity contribution in [2.75, 3.05) is 0 Å². The number of nitrogens with zero attached hydrogens (tertiary/aromatic N) is 4. The van der Waals surface area contributed by atoms with Gasteiger partial charge in [-0.25, -0.2) is 0 Å². The first-order valence-electron chi connectivity index (χ1n) is 5.08. The quantitative estimate of drug-likeness (QED) is 0.617. The molecule has 3 aromatic rings. The van der Waals surface area contributed by atoms with Gasteiger partial charge in [-0.2, -0.15) is 9.61 Å². The fraction of sp³-hybridized carbons (Fsp3) is 0.0833. The third-order valence-electron chi connectivity index (χ3n) is 2.52. The molecule has 0 fully saturated rings. The molecule has 0 N–H and O–H groups in total. The van der Waals surface area contributed by atoms with Crippen LogP contribution in [0.15, 0.2) is 42.7 Å². The number of benzene rings is 1. The van der Waals surface area contributed by atoms with Gasteiger partial charge in [0.2, 0.25) is 0 Å². The monoisotopic (exact) mass is 210 g/mol. The number of aryl methyl sites for hydroxylation is 1. The van der Waals surface area contributed by atoms with Gasteiger partial charge in [-0.3, -0.25) is 0 Å². The Kier molecular flexibility index (Phi) is 1.93. The Balaban J connectivity index is 2.25. The average Bonchev–Trinajstić information content (AvgIpc) is 2.79. The van der Waals surface area contributed by atoms with E-state index >= 15 is 0 Å². The van der Waals surface area contributed by atoms with Crippen LogP contribution >= 0.6 is 0 Å². The second-order valence-electron chi connectivity index (χ2n) is 3.68. The molecule has 0 unspecified atom stereocenters. The van der Waals surface area contributed by atoms with Gasteiger partial charge in [0, 0.05) is 5.56 Å². The van der Waals surface area contributed by atoms with Crippen molar-refractivity contribution in [2.24, 2.45) is 0 Å². The summed E-state index contributed by atoms with van der Waals surface area (Å²) in [5.74, 6) is 0. The van der Waals surface area contributed by atoms with Crippen LogP contribution in [0, 0.1) is 6.92 Å². The fourth-order valence-electron chi connectivity index (χ4n) is 1.73. The smallest absolute Gasteiger partial charge is 0.180 e. The van der Waals surface area contributed by atoms with Crippen LogP contribution in [0.3, 0.4) is 0 Å². The Labute approximate surface area is 92.6 Å². The summed E-state index contributed by atoms with van der Waals surface area (Å²) in [6.07, 6.45) is 1.62. The van der Waals surface area contributed by atoms with Crippen LogP contribution < -0.4 is 0 Å². The average molecular weight is 210 g/mol. The van der Waals surface area contributed by atoms with E-state index in [0.29, 0.717) is 0 Å². The molecule has 0 aliphatic carbocycles. The molecule has 16 heavy (non-hydrogen) atoms. The summed E-state index contributed by atoms with van der Waals surface area (Å²) < 4.78 is 1.71. The lowest BCUT2D eigenvalue weighted by atomic mass is 10.1. The minimum Gasteiger partial charge on any atom is -0.200 e. The second-order valence-corrected chi connectivity index (χ2v) is 3.68. The van der Waals surface area contributed by atoms with Crippen LogP contribution in [0.25, 0.3) is 16.9 Å². The van der Waals surface area contributed by atoms with Crippen molar-refractivity contribution < 1.29 is 0 Å². The summed E-state index contributed by atoms with van der Waals surface area (Å²) in [5.41, 5.74) is 3.91. The fourth-order valence-corrected chi connectivity index (χ4v) is 1.73. The zero-order valence-corrected chi connectivity index (χ0v) is 8.83. The molecule has 4 nitrogen and oxygen atoms in total. The van der Waals surface area contributed by atoms with E-state index in [4.69, 9.17) is 0 Å². The normalized spacial score (nSPS) is 10.8. The molecule has 0 radical (unpaired) electrons. The van der Waals surface area contributed by atoms with Crippen molar-refractivity contribution in [3.05, 3.63) is 48.3 Å². The lowest BCUT2D eigenvalue weighted by Gasteiger charge is -2.02. The van der Waals surface area contributed by atoms with Crippen molar-refractivity contribution in [3.8, 4) is 11.3 Å². The summed E-state index contributed by atoms with van der Waals surface area (Å²) in [6, 6.07) is 12.1. The van der Waals surface area contributed by atoms with Gasteiger partial charge in [-0.1, -0.05) is 30.3 Å². The largest absolute Gasteiger partial charge is 0.200 e. The van der Waals surface area contributed by atoms with Crippen LogP contribution in [-0.4, -0.2) is 19.8 Å². The van der Waals surface area contributed by atoms with Gasteiger partial charge in [0.25, 0.3) is 0 Å². The van der Waals surface area contributed by atoms with E-state index in [2.05, 4.69) is 15.3 Å². The Morgan fingerprint density at radius 1 is 1.12 bits per heavy atom. The molecule has 2 heterocycles. The van der Waals surface area contributed by atoms with E-state index in [1.54, 1.807) is 10.8 Å². The molecular formula is C12H10N4. The summed E-state index contributed by atoms with van der Waals surface area (Å²) in [6.45, 7) is 2.01. The van der Waals surface area contributed by atoms with Crippen LogP contribution in [0.1, 0.15) is 5.56 Å². The Bertz CT molecular complexity index is 628. The maximum atomic E-state index is 4.46. The van der Waals surface area contributed by atoms with E-state index in [-0.39, 0.29) is 0 Å². The van der Waals surface area contributed by atoms with Crippen LogP contribution in [0.4, 0.5) is 0 Å². The Morgan fingerprint density at radius 2 is 1.94 bits per heavy atom. The molecule has 3 rings (SSSR count). The van der Waals surface area contributed by atoms with Crippen molar-refractivity contribution in [1.29, 1.82) is 0 Å². The topological polar surface area (TPSA) is 43.1 Å². The lowest BCUT2D eigenvalue weighted by Crippen LogP contribution is -1.96. The van der Waals surface area contributed by atoms with Gasteiger partial charge in [0.05, 0.1) is 5.69 Å². The Morgan fingerprint density at radius 3 is 2.75 bits per heavy atom. The van der Waals surface area contributed by atoms with Gasteiger partial charge < -0.3 is 0 Å². The molecule has 78 valence electrons. The number of aromatic nitrogens is 4. The first-order valence-corrected chi connectivity index (χ1v) is 5.08. The number of rotatable bonds is 1. The Hall–Kier alpha value is -2.23. The lowest BCUT2D eigenvalue weighted by molar-refractivity contribution is 0.926. The summed E-state index contributed by atoms with van der Waals surface area (Å²) in [5, 5.41) is 12.3. The van der Waals surface area contributed by atoms with Crippen molar-refractivity contribution in [3.63, 3.8) is 0 Å². The van der Waals surface area contributed by atoms with Gasteiger partial charge >= 0.3 is 0 Å². The van der Waals surface area contributed by atoms with Crippen molar-refractivity contribution in [2.45, 2.75) is 6.92 Å². The highest BCUT2D eigenvalue weighted by Gasteiger charge is 2.05. The molecule has 0 amide bonds. The number of hydrogen-bond donors (Lipinski definition) is 0. The highest BCUT2D eigenvalue weighted by atomic mass is 15.3. The van der Waals surface area contributed by atoms with E-state index < -0.39 is 0 Å². The molecule has 0 saturated carbocycles. The SMILES string of the molecule is Cc1cc(-c2ccccc2)nn2cnnc12. The van der Waals surface area contributed by atoms with Crippen molar-refractivity contribution >= 4 is 5.65 Å². The molecule has 0 bridgehead atoms. The predicted molar refractivity (Wildman–Crippen MR) is 61.0 cm³/mol. The van der Waals surface area contributed by atoms with Crippen LogP contribution in [0.5, 0.6) is 0 Å². The minimum atomic E-state index is 0.805. The first-order chi connectivity index (χ1) is 7.84. The molecular weight excluding hydrogens is 200 g/mol. The predicted octanol–water partition coefficient (Wildman–Crippen LogP) is 2.10. The molecule has 1 aromatic carbocycles. The van der Waals surface area contributed by atoms with Gasteiger partial charge in [-0.15, -0.1) is 10.2 Å². The molecule has 0 aliphatic heterocycles. The van der Waals surface area contributed by atoms with Gasteiger partial charge in [0.1, 0.15) is 6.33 Å².